The molecule has 1 aliphatic rings. The van der Waals surface area contributed by atoms with Crippen molar-refractivity contribution in [3.63, 3.8) is 0 Å². The van der Waals surface area contributed by atoms with Crippen LogP contribution in [0.15, 0.2) is 36.4 Å². The molecule has 0 aliphatic carbocycles. The van der Waals surface area contributed by atoms with Gasteiger partial charge >= 0.3 is 11.9 Å². The van der Waals surface area contributed by atoms with Crippen LogP contribution in [0, 0.1) is 0 Å². The molecule has 6 nitrogen and oxygen atoms in total. The normalized spacial score (nSPS) is 21.5. The molecule has 1 aromatic rings. The average molecular weight is 320 g/mol. The molecule has 0 amide bonds. The smallest absolute Gasteiger partial charge is 0.338 e. The Kier molecular flexibility index (Phi) is 6.31. The molecule has 6 heteroatoms. The second-order valence-electron chi connectivity index (χ2n) is 4.76. The molecule has 1 aromatic carbocycles. The molecular formula is C17H20O6. The molecule has 23 heavy (non-hydrogen) atoms. The van der Waals surface area contributed by atoms with E-state index in [9.17, 15) is 9.59 Å². The topological polar surface area (TPSA) is 71.1 Å². The second-order valence-corrected chi connectivity index (χ2v) is 4.76. The van der Waals surface area contributed by atoms with Crippen molar-refractivity contribution in [2.24, 2.45) is 0 Å². The van der Waals surface area contributed by atoms with Crippen LogP contribution < -0.4 is 0 Å². The van der Waals surface area contributed by atoms with Crippen molar-refractivity contribution in [1.82, 2.24) is 0 Å². The van der Waals surface area contributed by atoms with Gasteiger partial charge in [-0.1, -0.05) is 36.4 Å². The summed E-state index contributed by atoms with van der Waals surface area (Å²) < 4.78 is 20.8. The molecule has 1 heterocycles. The molecule has 1 fully saturated rings. The van der Waals surface area contributed by atoms with E-state index in [0.717, 1.165) is 5.56 Å². The Bertz CT molecular complexity index is 527. The molecule has 2 rings (SSSR count). The molecule has 0 spiro atoms. The van der Waals surface area contributed by atoms with Gasteiger partial charge in [0.1, 0.15) is 0 Å². The molecule has 0 aromatic heterocycles. The zero-order chi connectivity index (χ0) is 16.7. The van der Waals surface area contributed by atoms with Crippen molar-refractivity contribution in [3.8, 4) is 0 Å². The lowest BCUT2D eigenvalue weighted by Gasteiger charge is -2.13. The second kappa shape index (κ2) is 8.45. The van der Waals surface area contributed by atoms with Crippen molar-refractivity contribution in [1.29, 1.82) is 0 Å². The van der Waals surface area contributed by atoms with Gasteiger partial charge < -0.3 is 18.9 Å². The van der Waals surface area contributed by atoms with Crippen LogP contribution >= 0.6 is 0 Å². The molecule has 1 saturated heterocycles. The van der Waals surface area contributed by atoms with Crippen molar-refractivity contribution in [2.75, 3.05) is 13.2 Å². The molecular weight excluding hydrogens is 300 g/mol. The lowest BCUT2D eigenvalue weighted by Crippen LogP contribution is -2.39. The highest BCUT2D eigenvalue weighted by atomic mass is 16.8. The molecule has 0 radical (unpaired) electrons. The maximum absolute atomic E-state index is 11.9. The predicted octanol–water partition coefficient (Wildman–Crippen LogP) is 1.94. The number of carbonyl (C=O) groups is 2. The van der Waals surface area contributed by atoms with Crippen molar-refractivity contribution >= 4 is 18.0 Å². The van der Waals surface area contributed by atoms with E-state index in [4.69, 9.17) is 18.9 Å². The minimum atomic E-state index is -1.13. The first-order valence-corrected chi connectivity index (χ1v) is 7.53. The summed E-state index contributed by atoms with van der Waals surface area (Å²) in [5, 5.41) is 0. The average Bonchev–Trinajstić information content (AvgIpc) is 2.99. The zero-order valence-corrected chi connectivity index (χ0v) is 13.1. The molecule has 1 aliphatic heterocycles. The monoisotopic (exact) mass is 320 g/mol. The third kappa shape index (κ3) is 4.64. The SMILES string of the molecule is CCOC(=O)[C@@H]1OC(C=Cc2ccccc2)O[C@H]1C(=O)OCC. The fraction of sp³-hybridized carbons (Fsp3) is 0.412. The van der Waals surface area contributed by atoms with E-state index >= 15 is 0 Å². The van der Waals surface area contributed by atoms with Gasteiger partial charge in [-0.25, -0.2) is 9.59 Å². The Labute approximate surface area is 135 Å². The predicted molar refractivity (Wildman–Crippen MR) is 82.3 cm³/mol. The lowest BCUT2D eigenvalue weighted by molar-refractivity contribution is -0.163. The summed E-state index contributed by atoms with van der Waals surface area (Å²) in [5.74, 6) is -1.28. The maximum atomic E-state index is 11.9. The Morgan fingerprint density at radius 3 is 2.00 bits per heavy atom. The molecule has 2 atom stereocenters. The maximum Gasteiger partial charge on any atom is 0.338 e. The van der Waals surface area contributed by atoms with Crippen LogP contribution in [0.4, 0.5) is 0 Å². The lowest BCUT2D eigenvalue weighted by atomic mass is 10.2. The highest BCUT2D eigenvalue weighted by Crippen LogP contribution is 2.23. The van der Waals surface area contributed by atoms with Gasteiger partial charge in [-0.05, 0) is 25.5 Å². The number of ether oxygens (including phenoxy) is 4. The molecule has 0 bridgehead atoms. The van der Waals surface area contributed by atoms with Gasteiger partial charge in [0.05, 0.1) is 13.2 Å². The van der Waals surface area contributed by atoms with E-state index < -0.39 is 30.4 Å². The first-order valence-electron chi connectivity index (χ1n) is 7.53. The largest absolute Gasteiger partial charge is 0.464 e. The minimum Gasteiger partial charge on any atom is -0.464 e. The summed E-state index contributed by atoms with van der Waals surface area (Å²) in [7, 11) is 0. The van der Waals surface area contributed by atoms with Gasteiger partial charge in [-0.3, -0.25) is 0 Å². The summed E-state index contributed by atoms with van der Waals surface area (Å²) in [6, 6.07) is 9.54. The Balaban J connectivity index is 2.07. The van der Waals surface area contributed by atoms with E-state index in [2.05, 4.69) is 0 Å². The first kappa shape index (κ1) is 17.2. The van der Waals surface area contributed by atoms with E-state index in [1.807, 2.05) is 30.3 Å². The third-order valence-corrected chi connectivity index (χ3v) is 3.12. The molecule has 0 unspecified atom stereocenters. The van der Waals surface area contributed by atoms with E-state index in [1.165, 1.54) is 0 Å². The van der Waals surface area contributed by atoms with Crippen LogP contribution in [0.25, 0.3) is 6.08 Å². The zero-order valence-electron chi connectivity index (χ0n) is 13.1. The number of hydrogen-bond acceptors (Lipinski definition) is 6. The molecule has 0 N–H and O–H groups in total. The summed E-state index contributed by atoms with van der Waals surface area (Å²) in [4.78, 5) is 23.9. The van der Waals surface area contributed by atoms with Gasteiger partial charge in [0.15, 0.2) is 18.5 Å². The first-order chi connectivity index (χ1) is 11.2. The Morgan fingerprint density at radius 2 is 1.52 bits per heavy atom. The quantitative estimate of drug-likeness (QED) is 0.746. The highest BCUT2D eigenvalue weighted by molar-refractivity contribution is 5.86. The Hall–Kier alpha value is -2.18. The number of esters is 2. The van der Waals surface area contributed by atoms with E-state index in [1.54, 1.807) is 26.0 Å². The summed E-state index contributed by atoms with van der Waals surface area (Å²) in [6.45, 7) is 3.75. The number of rotatable bonds is 6. The Morgan fingerprint density at radius 1 is 1.00 bits per heavy atom. The standard InChI is InChI=1S/C17H20O6/c1-3-20-16(18)14-15(17(19)21-4-2)23-13(22-14)11-10-12-8-6-5-7-9-12/h5-11,13-15H,3-4H2,1-2H3/t14-,15-/m1/s1. The van der Waals surface area contributed by atoms with Crippen LogP contribution in [0.3, 0.4) is 0 Å². The van der Waals surface area contributed by atoms with Crippen LogP contribution in [0.1, 0.15) is 19.4 Å². The fourth-order valence-electron chi connectivity index (χ4n) is 2.12. The number of carbonyl (C=O) groups excluding carboxylic acids is 2. The number of hydrogen-bond donors (Lipinski definition) is 0. The molecule has 0 saturated carbocycles. The third-order valence-electron chi connectivity index (χ3n) is 3.12. The van der Waals surface area contributed by atoms with E-state index in [-0.39, 0.29) is 13.2 Å². The highest BCUT2D eigenvalue weighted by Gasteiger charge is 2.46. The van der Waals surface area contributed by atoms with E-state index in [0.29, 0.717) is 0 Å². The van der Waals surface area contributed by atoms with Crippen LogP contribution in [-0.4, -0.2) is 43.7 Å². The fourth-order valence-corrected chi connectivity index (χ4v) is 2.12. The van der Waals surface area contributed by atoms with Gasteiger partial charge in [-0.2, -0.15) is 0 Å². The van der Waals surface area contributed by atoms with Crippen LogP contribution in [-0.2, 0) is 28.5 Å². The van der Waals surface area contributed by atoms with Gasteiger partial charge in [0.25, 0.3) is 0 Å². The van der Waals surface area contributed by atoms with Crippen molar-refractivity contribution < 1.29 is 28.5 Å². The van der Waals surface area contributed by atoms with Crippen LogP contribution in [0.5, 0.6) is 0 Å². The van der Waals surface area contributed by atoms with Gasteiger partial charge in [-0.15, -0.1) is 0 Å². The van der Waals surface area contributed by atoms with Crippen molar-refractivity contribution in [3.05, 3.63) is 42.0 Å². The van der Waals surface area contributed by atoms with Gasteiger partial charge in [0, 0.05) is 0 Å². The van der Waals surface area contributed by atoms with Crippen LogP contribution in [0.2, 0.25) is 0 Å². The molecule has 124 valence electrons. The summed E-state index contributed by atoms with van der Waals surface area (Å²) >= 11 is 0. The minimum absolute atomic E-state index is 0.193. The van der Waals surface area contributed by atoms with Crippen molar-refractivity contribution in [2.45, 2.75) is 32.3 Å². The number of benzene rings is 1. The summed E-state index contributed by atoms with van der Waals surface area (Å²) in [5.41, 5.74) is 0.951. The summed E-state index contributed by atoms with van der Waals surface area (Å²) in [6.07, 6.45) is 0.360. The van der Waals surface area contributed by atoms with Gasteiger partial charge in [0.2, 0.25) is 0 Å².